The molecule has 1 heterocycles. The summed E-state index contributed by atoms with van der Waals surface area (Å²) < 4.78 is 10.5. The van der Waals surface area contributed by atoms with E-state index in [1.54, 1.807) is 27.9 Å². The third-order valence-corrected chi connectivity index (χ3v) is 2.69. The standard InChI is InChI=1S/C12H21NO4/c1-8(14)10-6-9(16-5)7-13(10)11(15)17-12(2,3)4/h9-10H,6-7H2,1-5H3. The molecule has 1 aliphatic rings. The Morgan fingerprint density at radius 1 is 1.29 bits per heavy atom. The molecule has 5 heteroatoms. The Kier molecular flexibility index (Phi) is 4.14. The molecule has 2 atom stereocenters. The van der Waals surface area contributed by atoms with E-state index in [2.05, 4.69) is 0 Å². The van der Waals surface area contributed by atoms with Crippen LogP contribution in [0.1, 0.15) is 34.1 Å². The van der Waals surface area contributed by atoms with E-state index in [9.17, 15) is 9.59 Å². The number of Topliss-reactive ketones (excluding diaryl/α,β-unsaturated/α-hetero) is 1. The number of hydrogen-bond acceptors (Lipinski definition) is 4. The number of amides is 1. The minimum Gasteiger partial charge on any atom is -0.444 e. The van der Waals surface area contributed by atoms with Crippen LogP contribution < -0.4 is 0 Å². The van der Waals surface area contributed by atoms with Crippen molar-refractivity contribution in [2.75, 3.05) is 13.7 Å². The maximum atomic E-state index is 11.9. The molecule has 1 amide bonds. The smallest absolute Gasteiger partial charge is 0.410 e. The summed E-state index contributed by atoms with van der Waals surface area (Å²) in [5.74, 6) is -0.0320. The van der Waals surface area contributed by atoms with Gasteiger partial charge in [-0.3, -0.25) is 9.69 Å². The van der Waals surface area contributed by atoms with Gasteiger partial charge in [0.15, 0.2) is 5.78 Å². The van der Waals surface area contributed by atoms with Crippen LogP contribution >= 0.6 is 0 Å². The van der Waals surface area contributed by atoms with Gasteiger partial charge in [0.05, 0.1) is 18.7 Å². The third-order valence-electron chi connectivity index (χ3n) is 2.69. The molecule has 0 radical (unpaired) electrons. The first-order chi connectivity index (χ1) is 7.74. The lowest BCUT2D eigenvalue weighted by Crippen LogP contribution is -2.42. The lowest BCUT2D eigenvalue weighted by Gasteiger charge is -2.27. The summed E-state index contributed by atoms with van der Waals surface area (Å²) in [6, 6.07) is -0.421. The van der Waals surface area contributed by atoms with E-state index >= 15 is 0 Å². The molecule has 98 valence electrons. The van der Waals surface area contributed by atoms with Gasteiger partial charge in [-0.05, 0) is 27.7 Å². The Balaban J connectivity index is 2.73. The van der Waals surface area contributed by atoms with Crippen molar-refractivity contribution in [2.45, 2.75) is 51.9 Å². The van der Waals surface area contributed by atoms with E-state index in [0.29, 0.717) is 13.0 Å². The first kappa shape index (κ1) is 14.0. The Bertz CT molecular complexity index is 308. The van der Waals surface area contributed by atoms with Gasteiger partial charge in [-0.15, -0.1) is 0 Å². The van der Waals surface area contributed by atoms with Crippen molar-refractivity contribution in [3.8, 4) is 0 Å². The Morgan fingerprint density at radius 3 is 2.29 bits per heavy atom. The van der Waals surface area contributed by atoms with Crippen LogP contribution in [0.2, 0.25) is 0 Å². The van der Waals surface area contributed by atoms with Gasteiger partial charge in [0.25, 0.3) is 0 Å². The minimum atomic E-state index is -0.552. The molecule has 1 aliphatic heterocycles. The average molecular weight is 243 g/mol. The van der Waals surface area contributed by atoms with E-state index in [1.807, 2.05) is 0 Å². The zero-order valence-electron chi connectivity index (χ0n) is 11.1. The van der Waals surface area contributed by atoms with E-state index in [1.165, 1.54) is 11.8 Å². The number of likely N-dealkylation sites (tertiary alicyclic amines) is 1. The lowest BCUT2D eigenvalue weighted by atomic mass is 10.1. The van der Waals surface area contributed by atoms with Crippen molar-refractivity contribution in [2.24, 2.45) is 0 Å². The molecule has 0 aromatic heterocycles. The van der Waals surface area contributed by atoms with Crippen molar-refractivity contribution in [3.63, 3.8) is 0 Å². The number of ketones is 1. The summed E-state index contributed by atoms with van der Waals surface area (Å²) in [4.78, 5) is 24.9. The molecule has 1 rings (SSSR count). The lowest BCUT2D eigenvalue weighted by molar-refractivity contribution is -0.121. The van der Waals surface area contributed by atoms with Gasteiger partial charge < -0.3 is 9.47 Å². The maximum absolute atomic E-state index is 11.9. The van der Waals surface area contributed by atoms with Gasteiger partial charge in [-0.1, -0.05) is 0 Å². The summed E-state index contributed by atoms with van der Waals surface area (Å²) in [6.45, 7) is 7.31. The molecule has 0 aromatic carbocycles. The van der Waals surface area contributed by atoms with Crippen LogP contribution in [-0.4, -0.2) is 48.2 Å². The summed E-state index contributed by atoms with van der Waals surface area (Å²) in [5, 5.41) is 0. The van der Waals surface area contributed by atoms with Gasteiger partial charge in [-0.2, -0.15) is 0 Å². The number of hydrogen-bond donors (Lipinski definition) is 0. The quantitative estimate of drug-likeness (QED) is 0.739. The topological polar surface area (TPSA) is 55.8 Å². The molecule has 0 N–H and O–H groups in total. The van der Waals surface area contributed by atoms with Crippen LogP contribution in [0.5, 0.6) is 0 Å². The highest BCUT2D eigenvalue weighted by molar-refractivity contribution is 5.86. The van der Waals surface area contributed by atoms with Gasteiger partial charge in [0, 0.05) is 13.5 Å². The summed E-state index contributed by atoms with van der Waals surface area (Å²) in [6.07, 6.45) is 0.0131. The van der Waals surface area contributed by atoms with Crippen LogP contribution in [0.3, 0.4) is 0 Å². The molecule has 5 nitrogen and oxygen atoms in total. The molecule has 0 spiro atoms. The third kappa shape index (κ3) is 3.70. The van der Waals surface area contributed by atoms with Crippen LogP contribution in [0.15, 0.2) is 0 Å². The molecule has 2 unspecified atom stereocenters. The van der Waals surface area contributed by atoms with Gasteiger partial charge in [0.2, 0.25) is 0 Å². The van der Waals surface area contributed by atoms with Gasteiger partial charge >= 0.3 is 6.09 Å². The SMILES string of the molecule is COC1CC(C(C)=O)N(C(=O)OC(C)(C)C)C1. The van der Waals surface area contributed by atoms with E-state index in [-0.39, 0.29) is 11.9 Å². The molecule has 1 fully saturated rings. The minimum absolute atomic E-state index is 0.0320. The van der Waals surface area contributed by atoms with E-state index in [4.69, 9.17) is 9.47 Å². The number of ether oxygens (including phenoxy) is 2. The Morgan fingerprint density at radius 2 is 1.88 bits per heavy atom. The molecule has 0 bridgehead atoms. The first-order valence-electron chi connectivity index (χ1n) is 5.77. The number of methoxy groups -OCH3 is 1. The van der Waals surface area contributed by atoms with Crippen LogP contribution in [0.25, 0.3) is 0 Å². The summed E-state index contributed by atoms with van der Waals surface area (Å²) >= 11 is 0. The Labute approximate surface area is 102 Å². The highest BCUT2D eigenvalue weighted by atomic mass is 16.6. The van der Waals surface area contributed by atoms with Crippen molar-refractivity contribution in [1.82, 2.24) is 4.90 Å². The predicted molar refractivity (Wildman–Crippen MR) is 62.8 cm³/mol. The molecular weight excluding hydrogens is 222 g/mol. The fourth-order valence-corrected chi connectivity index (χ4v) is 1.88. The predicted octanol–water partition coefficient (Wildman–Crippen LogP) is 1.60. The van der Waals surface area contributed by atoms with E-state index < -0.39 is 17.7 Å². The monoisotopic (exact) mass is 243 g/mol. The number of nitrogens with zero attached hydrogens (tertiary/aromatic N) is 1. The fourth-order valence-electron chi connectivity index (χ4n) is 1.88. The highest BCUT2D eigenvalue weighted by Crippen LogP contribution is 2.23. The number of carbonyl (C=O) groups excluding carboxylic acids is 2. The summed E-state index contributed by atoms with van der Waals surface area (Å²) in [7, 11) is 1.58. The second kappa shape index (κ2) is 5.04. The Hall–Kier alpha value is -1.10. The highest BCUT2D eigenvalue weighted by Gasteiger charge is 2.39. The first-order valence-corrected chi connectivity index (χ1v) is 5.77. The van der Waals surface area contributed by atoms with Crippen LogP contribution in [0.4, 0.5) is 4.79 Å². The van der Waals surface area contributed by atoms with Crippen LogP contribution in [0, 0.1) is 0 Å². The second-order valence-corrected chi connectivity index (χ2v) is 5.35. The summed E-state index contributed by atoms with van der Waals surface area (Å²) in [5.41, 5.74) is -0.552. The zero-order valence-corrected chi connectivity index (χ0v) is 11.1. The largest absolute Gasteiger partial charge is 0.444 e. The van der Waals surface area contributed by atoms with Crippen LogP contribution in [-0.2, 0) is 14.3 Å². The van der Waals surface area contributed by atoms with Gasteiger partial charge in [-0.25, -0.2) is 4.79 Å². The fraction of sp³-hybridized carbons (Fsp3) is 0.833. The normalized spacial score (nSPS) is 24.9. The average Bonchev–Trinajstić information content (AvgIpc) is 2.58. The molecule has 0 aromatic rings. The van der Waals surface area contributed by atoms with Crippen molar-refractivity contribution in [1.29, 1.82) is 0 Å². The molecular formula is C12H21NO4. The number of carbonyl (C=O) groups is 2. The van der Waals surface area contributed by atoms with Gasteiger partial charge in [0.1, 0.15) is 5.60 Å². The van der Waals surface area contributed by atoms with Crippen molar-refractivity contribution >= 4 is 11.9 Å². The number of rotatable bonds is 2. The van der Waals surface area contributed by atoms with E-state index in [0.717, 1.165) is 0 Å². The second-order valence-electron chi connectivity index (χ2n) is 5.35. The molecule has 1 saturated heterocycles. The molecule has 0 aliphatic carbocycles. The molecule has 0 saturated carbocycles. The zero-order chi connectivity index (χ0) is 13.2. The van der Waals surface area contributed by atoms with Crippen molar-refractivity contribution in [3.05, 3.63) is 0 Å². The molecule has 17 heavy (non-hydrogen) atoms. The maximum Gasteiger partial charge on any atom is 0.410 e. The van der Waals surface area contributed by atoms with Crippen molar-refractivity contribution < 1.29 is 19.1 Å².